The van der Waals surface area contributed by atoms with Crippen LogP contribution in [0.15, 0.2) is 10.9 Å². The van der Waals surface area contributed by atoms with Crippen molar-refractivity contribution in [3.63, 3.8) is 0 Å². The largest absolute Gasteiger partial charge is 0.349 e. The molecule has 1 aliphatic carbocycles. The number of aromatic nitrogens is 2. The van der Waals surface area contributed by atoms with Crippen LogP contribution in [0.1, 0.15) is 31.5 Å². The second-order valence-corrected chi connectivity index (χ2v) is 4.36. The number of nitrogens with one attached hydrogen (secondary N) is 1. The number of rotatable bonds is 5. The van der Waals surface area contributed by atoms with Gasteiger partial charge in [0.1, 0.15) is 0 Å². The van der Waals surface area contributed by atoms with E-state index in [1.165, 1.54) is 12.8 Å². The minimum atomic E-state index is 0.00921. The van der Waals surface area contributed by atoms with Gasteiger partial charge in [0.2, 0.25) is 12.3 Å². The summed E-state index contributed by atoms with van der Waals surface area (Å²) >= 11 is 0. The van der Waals surface area contributed by atoms with Crippen molar-refractivity contribution in [2.45, 2.75) is 32.2 Å². The number of amides is 1. The molecule has 1 aromatic rings. The fourth-order valence-corrected chi connectivity index (χ4v) is 1.98. The number of nitrogens with zero attached hydrogens (tertiary/aromatic N) is 2. The summed E-state index contributed by atoms with van der Waals surface area (Å²) in [4.78, 5) is 15.5. The maximum Gasteiger partial charge on any atom is 0.220 e. The van der Waals surface area contributed by atoms with Gasteiger partial charge in [-0.25, -0.2) is 0 Å². The summed E-state index contributed by atoms with van der Waals surface area (Å²) in [5.41, 5.74) is 5.73. The zero-order valence-electron chi connectivity index (χ0n) is 9.11. The lowest BCUT2D eigenvalue weighted by Gasteiger charge is -2.40. The monoisotopic (exact) mass is 224 g/mol. The van der Waals surface area contributed by atoms with Crippen molar-refractivity contribution < 1.29 is 9.32 Å². The number of hydrogen-bond acceptors (Lipinski definition) is 5. The number of carbonyl (C=O) groups is 1. The van der Waals surface area contributed by atoms with Gasteiger partial charge >= 0.3 is 0 Å². The van der Waals surface area contributed by atoms with Gasteiger partial charge in [0.15, 0.2) is 5.82 Å². The van der Waals surface area contributed by atoms with Crippen LogP contribution in [-0.2, 0) is 11.3 Å². The minimum absolute atomic E-state index is 0.00921. The summed E-state index contributed by atoms with van der Waals surface area (Å²) in [6.07, 6.45) is 5.03. The Morgan fingerprint density at radius 3 is 2.94 bits per heavy atom. The van der Waals surface area contributed by atoms with E-state index >= 15 is 0 Å². The Labute approximate surface area is 93.6 Å². The Morgan fingerprint density at radius 2 is 2.44 bits per heavy atom. The van der Waals surface area contributed by atoms with Gasteiger partial charge in [0, 0.05) is 6.42 Å². The topological polar surface area (TPSA) is 94.0 Å². The maximum absolute atomic E-state index is 11.7. The normalized spacial score (nSPS) is 17.8. The standard InChI is InChI=1S/C10H16N4O2/c11-6-10(2-1-3-10)4-9(15)12-5-8-13-7-16-14-8/h7H,1-6,11H2,(H,12,15). The van der Waals surface area contributed by atoms with Crippen molar-refractivity contribution in [2.75, 3.05) is 6.54 Å². The molecule has 0 aliphatic heterocycles. The van der Waals surface area contributed by atoms with E-state index in [1.54, 1.807) is 0 Å². The molecule has 1 amide bonds. The van der Waals surface area contributed by atoms with E-state index < -0.39 is 0 Å². The summed E-state index contributed by atoms with van der Waals surface area (Å²) in [5, 5.41) is 6.38. The lowest BCUT2D eigenvalue weighted by atomic mass is 9.66. The molecule has 1 aromatic heterocycles. The van der Waals surface area contributed by atoms with E-state index in [1.807, 2.05) is 0 Å². The number of carbonyl (C=O) groups excluding carboxylic acids is 1. The molecule has 6 nitrogen and oxygen atoms in total. The molecule has 1 heterocycles. The summed E-state index contributed by atoms with van der Waals surface area (Å²) in [6.45, 7) is 0.901. The molecule has 1 aliphatic rings. The first kappa shape index (κ1) is 11.1. The lowest BCUT2D eigenvalue weighted by molar-refractivity contribution is -0.124. The summed E-state index contributed by atoms with van der Waals surface area (Å²) in [7, 11) is 0. The molecule has 88 valence electrons. The molecule has 1 fully saturated rings. The van der Waals surface area contributed by atoms with Gasteiger partial charge in [-0.2, -0.15) is 4.98 Å². The Balaban J connectivity index is 1.76. The summed E-state index contributed by atoms with van der Waals surface area (Å²) < 4.78 is 4.57. The van der Waals surface area contributed by atoms with Crippen LogP contribution in [0.2, 0.25) is 0 Å². The molecule has 0 radical (unpaired) electrons. The smallest absolute Gasteiger partial charge is 0.220 e. The highest BCUT2D eigenvalue weighted by Crippen LogP contribution is 2.42. The Kier molecular flexibility index (Phi) is 3.19. The third kappa shape index (κ3) is 2.38. The molecule has 0 spiro atoms. The molecule has 2 rings (SSSR count). The Morgan fingerprint density at radius 1 is 1.62 bits per heavy atom. The average molecular weight is 224 g/mol. The molecule has 1 saturated carbocycles. The van der Waals surface area contributed by atoms with Crippen LogP contribution in [0.4, 0.5) is 0 Å². The van der Waals surface area contributed by atoms with Gasteiger partial charge < -0.3 is 15.6 Å². The fourth-order valence-electron chi connectivity index (χ4n) is 1.98. The van der Waals surface area contributed by atoms with Crippen LogP contribution in [0.3, 0.4) is 0 Å². The molecule has 3 N–H and O–H groups in total. The molecule has 0 aromatic carbocycles. The third-order valence-electron chi connectivity index (χ3n) is 3.23. The minimum Gasteiger partial charge on any atom is -0.349 e. The first-order valence-corrected chi connectivity index (χ1v) is 5.46. The molecular weight excluding hydrogens is 208 g/mol. The highest BCUT2D eigenvalue weighted by Gasteiger charge is 2.37. The van der Waals surface area contributed by atoms with E-state index in [2.05, 4.69) is 20.0 Å². The molecule has 6 heteroatoms. The highest BCUT2D eigenvalue weighted by molar-refractivity contribution is 5.76. The summed E-state index contributed by atoms with van der Waals surface area (Å²) in [5.74, 6) is 0.499. The second-order valence-electron chi connectivity index (χ2n) is 4.36. The average Bonchev–Trinajstić information content (AvgIpc) is 2.73. The van der Waals surface area contributed by atoms with Crippen molar-refractivity contribution in [2.24, 2.45) is 11.1 Å². The molecule has 0 saturated heterocycles. The van der Waals surface area contributed by atoms with Crippen LogP contribution in [0.5, 0.6) is 0 Å². The van der Waals surface area contributed by atoms with E-state index in [-0.39, 0.29) is 11.3 Å². The molecule has 0 unspecified atom stereocenters. The SMILES string of the molecule is NCC1(CC(=O)NCc2ncon2)CCC1. The highest BCUT2D eigenvalue weighted by atomic mass is 16.5. The second kappa shape index (κ2) is 4.61. The first-order chi connectivity index (χ1) is 7.74. The predicted molar refractivity (Wildman–Crippen MR) is 56.1 cm³/mol. The van der Waals surface area contributed by atoms with Gasteiger partial charge in [-0.1, -0.05) is 11.6 Å². The van der Waals surface area contributed by atoms with Crippen LogP contribution >= 0.6 is 0 Å². The number of nitrogens with two attached hydrogens (primary N) is 1. The van der Waals surface area contributed by atoms with Gasteiger partial charge in [0.25, 0.3) is 0 Å². The number of hydrogen-bond donors (Lipinski definition) is 2. The Hall–Kier alpha value is -1.43. The quantitative estimate of drug-likeness (QED) is 0.745. The van der Waals surface area contributed by atoms with E-state index in [9.17, 15) is 4.79 Å². The lowest BCUT2D eigenvalue weighted by Crippen LogP contribution is -2.41. The van der Waals surface area contributed by atoms with Crippen molar-refractivity contribution in [3.05, 3.63) is 12.2 Å². The van der Waals surface area contributed by atoms with E-state index in [0.29, 0.717) is 25.3 Å². The van der Waals surface area contributed by atoms with Crippen molar-refractivity contribution >= 4 is 5.91 Å². The van der Waals surface area contributed by atoms with Gasteiger partial charge in [-0.15, -0.1) is 0 Å². The summed E-state index contributed by atoms with van der Waals surface area (Å²) in [6, 6.07) is 0. The van der Waals surface area contributed by atoms with Crippen molar-refractivity contribution in [3.8, 4) is 0 Å². The van der Waals surface area contributed by atoms with Crippen LogP contribution in [0, 0.1) is 5.41 Å². The molecule has 0 bridgehead atoms. The van der Waals surface area contributed by atoms with Crippen molar-refractivity contribution in [1.82, 2.24) is 15.5 Å². The van der Waals surface area contributed by atoms with Gasteiger partial charge in [-0.3, -0.25) is 4.79 Å². The third-order valence-corrected chi connectivity index (χ3v) is 3.23. The zero-order chi connectivity index (χ0) is 11.4. The fraction of sp³-hybridized carbons (Fsp3) is 0.700. The van der Waals surface area contributed by atoms with E-state index in [4.69, 9.17) is 5.73 Å². The van der Waals surface area contributed by atoms with Crippen LogP contribution in [-0.4, -0.2) is 22.6 Å². The molecular formula is C10H16N4O2. The molecule has 16 heavy (non-hydrogen) atoms. The van der Waals surface area contributed by atoms with Gasteiger partial charge in [0.05, 0.1) is 6.54 Å². The van der Waals surface area contributed by atoms with Crippen LogP contribution < -0.4 is 11.1 Å². The zero-order valence-corrected chi connectivity index (χ0v) is 9.11. The van der Waals surface area contributed by atoms with Gasteiger partial charge in [-0.05, 0) is 24.8 Å². The Bertz CT molecular complexity index is 340. The maximum atomic E-state index is 11.7. The first-order valence-electron chi connectivity index (χ1n) is 5.46. The molecule has 0 atom stereocenters. The predicted octanol–water partition coefficient (Wildman–Crippen LogP) is 0.205. The van der Waals surface area contributed by atoms with E-state index in [0.717, 1.165) is 12.8 Å². The van der Waals surface area contributed by atoms with Crippen LogP contribution in [0.25, 0.3) is 0 Å². The van der Waals surface area contributed by atoms with Crippen molar-refractivity contribution in [1.29, 1.82) is 0 Å².